The van der Waals surface area contributed by atoms with Crippen LogP contribution < -0.4 is 5.32 Å². The highest BCUT2D eigenvalue weighted by atomic mass is 14.9. The molecule has 0 amide bonds. The first-order valence-electron chi connectivity index (χ1n) is 6.61. The van der Waals surface area contributed by atoms with Crippen molar-refractivity contribution in [2.75, 3.05) is 6.54 Å². The first kappa shape index (κ1) is 11.7. The SMILES string of the molecule is C[C@H](CNCc1ccccc1)C1CCCC1. The second-order valence-corrected chi connectivity index (χ2v) is 5.14. The standard InChI is InChI=1S/C15H23N/c1-13(15-9-5-6-10-15)11-16-12-14-7-3-2-4-8-14/h2-4,7-8,13,15-16H,5-6,9-12H2,1H3/t13-/m1/s1. The normalized spacial score (nSPS) is 18.8. The van der Waals surface area contributed by atoms with Gasteiger partial charge in [0.2, 0.25) is 0 Å². The van der Waals surface area contributed by atoms with E-state index in [0.29, 0.717) is 0 Å². The minimum atomic E-state index is 0.839. The molecule has 88 valence electrons. The summed E-state index contributed by atoms with van der Waals surface area (Å²) in [4.78, 5) is 0. The van der Waals surface area contributed by atoms with Gasteiger partial charge in [0.1, 0.15) is 0 Å². The van der Waals surface area contributed by atoms with Gasteiger partial charge < -0.3 is 5.32 Å². The molecule has 1 fully saturated rings. The summed E-state index contributed by atoms with van der Waals surface area (Å²) in [6.07, 6.45) is 5.81. The van der Waals surface area contributed by atoms with Crippen LogP contribution >= 0.6 is 0 Å². The molecule has 2 rings (SSSR count). The summed E-state index contributed by atoms with van der Waals surface area (Å²) in [7, 11) is 0. The lowest BCUT2D eigenvalue weighted by atomic mass is 9.92. The molecule has 1 saturated carbocycles. The third-order valence-electron chi connectivity index (χ3n) is 3.84. The van der Waals surface area contributed by atoms with Gasteiger partial charge in [0.25, 0.3) is 0 Å². The van der Waals surface area contributed by atoms with Gasteiger partial charge in [0.05, 0.1) is 0 Å². The third kappa shape index (κ3) is 3.34. The molecule has 0 saturated heterocycles. The summed E-state index contributed by atoms with van der Waals surface area (Å²) in [5.41, 5.74) is 1.39. The highest BCUT2D eigenvalue weighted by molar-refractivity contribution is 5.14. The smallest absolute Gasteiger partial charge is 0.0205 e. The number of nitrogens with one attached hydrogen (secondary N) is 1. The molecule has 0 heterocycles. The lowest BCUT2D eigenvalue weighted by molar-refractivity contribution is 0.348. The van der Waals surface area contributed by atoms with E-state index >= 15 is 0 Å². The average Bonchev–Trinajstić information content (AvgIpc) is 2.84. The van der Waals surface area contributed by atoms with Crippen molar-refractivity contribution in [3.63, 3.8) is 0 Å². The van der Waals surface area contributed by atoms with Gasteiger partial charge in [-0.3, -0.25) is 0 Å². The molecule has 1 heteroatoms. The molecule has 1 N–H and O–H groups in total. The molecule has 0 unspecified atom stereocenters. The van der Waals surface area contributed by atoms with E-state index in [-0.39, 0.29) is 0 Å². The van der Waals surface area contributed by atoms with E-state index in [2.05, 4.69) is 42.6 Å². The van der Waals surface area contributed by atoms with Crippen LogP contribution in [0.25, 0.3) is 0 Å². The van der Waals surface area contributed by atoms with Crippen LogP contribution in [0.15, 0.2) is 30.3 Å². The fourth-order valence-corrected chi connectivity index (χ4v) is 2.73. The molecule has 0 bridgehead atoms. The zero-order chi connectivity index (χ0) is 11.2. The van der Waals surface area contributed by atoms with Crippen molar-refractivity contribution in [1.29, 1.82) is 0 Å². The average molecular weight is 217 g/mol. The maximum Gasteiger partial charge on any atom is 0.0205 e. The van der Waals surface area contributed by atoms with Crippen LogP contribution in [-0.4, -0.2) is 6.54 Å². The van der Waals surface area contributed by atoms with Crippen molar-refractivity contribution in [1.82, 2.24) is 5.32 Å². The van der Waals surface area contributed by atoms with Crippen LogP contribution in [0.4, 0.5) is 0 Å². The molecular weight excluding hydrogens is 194 g/mol. The number of hydrogen-bond donors (Lipinski definition) is 1. The van der Waals surface area contributed by atoms with Crippen LogP contribution in [0.1, 0.15) is 38.2 Å². The second-order valence-electron chi connectivity index (χ2n) is 5.14. The van der Waals surface area contributed by atoms with Crippen LogP contribution in [0.5, 0.6) is 0 Å². The number of rotatable bonds is 5. The molecule has 1 aliphatic rings. The Bertz CT molecular complexity index is 288. The Hall–Kier alpha value is -0.820. The molecule has 1 aromatic rings. The van der Waals surface area contributed by atoms with Crippen molar-refractivity contribution < 1.29 is 0 Å². The fourth-order valence-electron chi connectivity index (χ4n) is 2.73. The van der Waals surface area contributed by atoms with Gasteiger partial charge in [0.15, 0.2) is 0 Å². The van der Waals surface area contributed by atoms with E-state index in [4.69, 9.17) is 0 Å². The van der Waals surface area contributed by atoms with Crippen LogP contribution in [0, 0.1) is 11.8 Å². The van der Waals surface area contributed by atoms with E-state index in [1.165, 1.54) is 37.8 Å². The van der Waals surface area contributed by atoms with Crippen molar-refractivity contribution in [3.8, 4) is 0 Å². The Morgan fingerprint density at radius 2 is 1.88 bits per heavy atom. The Morgan fingerprint density at radius 1 is 1.19 bits per heavy atom. The highest BCUT2D eigenvalue weighted by Gasteiger charge is 2.20. The summed E-state index contributed by atoms with van der Waals surface area (Å²) in [6.45, 7) is 4.57. The number of benzene rings is 1. The minimum absolute atomic E-state index is 0.839. The molecule has 16 heavy (non-hydrogen) atoms. The quantitative estimate of drug-likeness (QED) is 0.794. The van der Waals surface area contributed by atoms with E-state index in [1.807, 2.05) is 0 Å². The molecule has 0 radical (unpaired) electrons. The van der Waals surface area contributed by atoms with Crippen molar-refractivity contribution >= 4 is 0 Å². The Labute approximate surface area is 99.3 Å². The predicted octanol–water partition coefficient (Wildman–Crippen LogP) is 3.60. The molecule has 0 aliphatic heterocycles. The molecule has 1 nitrogen and oxygen atoms in total. The lowest BCUT2D eigenvalue weighted by Gasteiger charge is -2.19. The summed E-state index contributed by atoms with van der Waals surface area (Å²) in [5, 5.41) is 3.58. The Balaban J connectivity index is 1.67. The van der Waals surface area contributed by atoms with Crippen LogP contribution in [-0.2, 0) is 6.54 Å². The third-order valence-corrected chi connectivity index (χ3v) is 3.84. The monoisotopic (exact) mass is 217 g/mol. The Morgan fingerprint density at radius 3 is 2.56 bits per heavy atom. The van der Waals surface area contributed by atoms with Crippen molar-refractivity contribution in [2.24, 2.45) is 11.8 Å². The van der Waals surface area contributed by atoms with Gasteiger partial charge >= 0.3 is 0 Å². The van der Waals surface area contributed by atoms with Gasteiger partial charge in [-0.25, -0.2) is 0 Å². The van der Waals surface area contributed by atoms with Gasteiger partial charge in [0, 0.05) is 6.54 Å². The fraction of sp³-hybridized carbons (Fsp3) is 0.600. The topological polar surface area (TPSA) is 12.0 Å². The van der Waals surface area contributed by atoms with E-state index in [0.717, 1.165) is 18.4 Å². The van der Waals surface area contributed by atoms with Gasteiger partial charge in [-0.1, -0.05) is 62.9 Å². The molecular formula is C15H23N. The van der Waals surface area contributed by atoms with E-state index in [9.17, 15) is 0 Å². The summed E-state index contributed by atoms with van der Waals surface area (Å²) >= 11 is 0. The van der Waals surface area contributed by atoms with Crippen LogP contribution in [0.3, 0.4) is 0 Å². The van der Waals surface area contributed by atoms with Crippen molar-refractivity contribution in [3.05, 3.63) is 35.9 Å². The second kappa shape index (κ2) is 6.05. The summed E-state index contributed by atoms with van der Waals surface area (Å²) in [6, 6.07) is 10.7. The van der Waals surface area contributed by atoms with Gasteiger partial charge in [-0.15, -0.1) is 0 Å². The van der Waals surface area contributed by atoms with E-state index in [1.54, 1.807) is 0 Å². The zero-order valence-corrected chi connectivity index (χ0v) is 10.3. The van der Waals surface area contributed by atoms with Gasteiger partial charge in [-0.2, -0.15) is 0 Å². The maximum atomic E-state index is 3.58. The van der Waals surface area contributed by atoms with Crippen molar-refractivity contribution in [2.45, 2.75) is 39.2 Å². The molecule has 1 aliphatic carbocycles. The number of hydrogen-bond acceptors (Lipinski definition) is 1. The first-order valence-corrected chi connectivity index (χ1v) is 6.61. The molecule has 0 aromatic heterocycles. The maximum absolute atomic E-state index is 3.58. The summed E-state index contributed by atoms with van der Waals surface area (Å²) in [5.74, 6) is 1.81. The molecule has 1 aromatic carbocycles. The summed E-state index contributed by atoms with van der Waals surface area (Å²) < 4.78 is 0. The highest BCUT2D eigenvalue weighted by Crippen LogP contribution is 2.30. The zero-order valence-electron chi connectivity index (χ0n) is 10.3. The van der Waals surface area contributed by atoms with Gasteiger partial charge in [-0.05, 0) is 23.9 Å². The van der Waals surface area contributed by atoms with Crippen LogP contribution in [0.2, 0.25) is 0 Å². The predicted molar refractivity (Wildman–Crippen MR) is 69.3 cm³/mol. The first-order chi connectivity index (χ1) is 7.86. The Kier molecular flexibility index (Phi) is 4.41. The molecule has 1 atom stereocenters. The molecule has 0 spiro atoms. The largest absolute Gasteiger partial charge is 0.312 e. The lowest BCUT2D eigenvalue weighted by Crippen LogP contribution is -2.24. The van der Waals surface area contributed by atoms with E-state index < -0.39 is 0 Å². The minimum Gasteiger partial charge on any atom is -0.312 e.